The molecular weight excluding hydrogens is 364 g/mol. The molecule has 1 unspecified atom stereocenters. The maximum Gasteiger partial charge on any atom is 0.231 e. The number of hydrogen-bond acceptors (Lipinski definition) is 4. The van der Waals surface area contributed by atoms with Crippen LogP contribution in [0.3, 0.4) is 0 Å². The first-order valence-corrected chi connectivity index (χ1v) is 9.98. The fourth-order valence-corrected chi connectivity index (χ4v) is 3.99. The normalized spacial score (nSPS) is 16.8. The number of anilines is 1. The Morgan fingerprint density at radius 3 is 2.83 bits per heavy atom. The number of para-hydroxylation sites is 1. The summed E-state index contributed by atoms with van der Waals surface area (Å²) >= 11 is 0. The zero-order valence-electron chi connectivity index (χ0n) is 16.3. The molecule has 1 aliphatic rings. The minimum atomic E-state index is -0.0474. The molecule has 6 heteroatoms. The number of nitrogens with one attached hydrogen (secondary N) is 1. The van der Waals surface area contributed by atoms with E-state index in [4.69, 9.17) is 4.52 Å². The fourth-order valence-electron chi connectivity index (χ4n) is 3.99. The second-order valence-electron chi connectivity index (χ2n) is 7.51. The molecule has 0 radical (unpaired) electrons. The van der Waals surface area contributed by atoms with E-state index in [1.807, 2.05) is 41.4 Å². The molecule has 1 aliphatic heterocycles. The van der Waals surface area contributed by atoms with Crippen LogP contribution in [0.4, 0.5) is 5.69 Å². The Morgan fingerprint density at radius 2 is 2.00 bits per heavy atom. The van der Waals surface area contributed by atoms with Crippen LogP contribution in [0.2, 0.25) is 0 Å². The highest BCUT2D eigenvalue weighted by molar-refractivity contribution is 5.96. The Hall–Kier alpha value is -3.41. The predicted molar refractivity (Wildman–Crippen MR) is 111 cm³/mol. The van der Waals surface area contributed by atoms with Crippen LogP contribution in [-0.4, -0.2) is 27.6 Å². The van der Waals surface area contributed by atoms with Gasteiger partial charge in [0.2, 0.25) is 11.8 Å². The molecule has 0 bridgehead atoms. The Bertz CT molecular complexity index is 1160. The third kappa shape index (κ3) is 3.31. The van der Waals surface area contributed by atoms with Crippen molar-refractivity contribution in [2.75, 3.05) is 11.4 Å². The minimum absolute atomic E-state index is 0.0474. The SMILES string of the molecule is CCc1ccc(N2CC(c3noc(Cc4c[nH]c5ccccc45)n3)CC2=O)cc1. The molecule has 1 saturated heterocycles. The largest absolute Gasteiger partial charge is 0.361 e. The van der Waals surface area contributed by atoms with Gasteiger partial charge in [0.1, 0.15) is 0 Å². The average molecular weight is 386 g/mol. The van der Waals surface area contributed by atoms with E-state index in [9.17, 15) is 4.79 Å². The summed E-state index contributed by atoms with van der Waals surface area (Å²) in [6, 6.07) is 16.3. The van der Waals surface area contributed by atoms with Crippen LogP contribution in [0.15, 0.2) is 59.3 Å². The number of fused-ring (bicyclic) bond motifs is 1. The number of H-pyrrole nitrogens is 1. The van der Waals surface area contributed by atoms with Crippen molar-refractivity contribution in [3.8, 4) is 0 Å². The number of carbonyl (C=O) groups excluding carboxylic acids is 1. The third-order valence-electron chi connectivity index (χ3n) is 5.65. The van der Waals surface area contributed by atoms with E-state index >= 15 is 0 Å². The highest BCUT2D eigenvalue weighted by Gasteiger charge is 2.34. The lowest BCUT2D eigenvalue weighted by Gasteiger charge is -2.16. The quantitative estimate of drug-likeness (QED) is 0.557. The zero-order chi connectivity index (χ0) is 19.8. The van der Waals surface area contributed by atoms with Crippen LogP contribution in [0.1, 0.15) is 42.1 Å². The Morgan fingerprint density at radius 1 is 1.17 bits per heavy atom. The van der Waals surface area contributed by atoms with Gasteiger partial charge in [-0.1, -0.05) is 42.4 Å². The van der Waals surface area contributed by atoms with Gasteiger partial charge in [-0.25, -0.2) is 0 Å². The van der Waals surface area contributed by atoms with Gasteiger partial charge in [0.05, 0.1) is 6.42 Å². The van der Waals surface area contributed by atoms with E-state index in [2.05, 4.69) is 40.2 Å². The standard InChI is InChI=1S/C23H22N4O2/c1-2-15-7-9-18(10-8-15)27-14-17(12-22(27)28)23-25-21(29-26-23)11-16-13-24-20-6-4-3-5-19(16)20/h3-10,13,17,24H,2,11-12,14H2,1H3. The van der Waals surface area contributed by atoms with Crippen LogP contribution in [0, 0.1) is 0 Å². The van der Waals surface area contributed by atoms with E-state index in [1.54, 1.807) is 0 Å². The molecule has 0 spiro atoms. The van der Waals surface area contributed by atoms with Crippen molar-refractivity contribution in [2.24, 2.45) is 0 Å². The molecule has 1 atom stereocenters. The monoisotopic (exact) mass is 386 g/mol. The van der Waals surface area contributed by atoms with Crippen molar-refractivity contribution in [3.05, 3.63) is 77.6 Å². The third-order valence-corrected chi connectivity index (χ3v) is 5.65. The average Bonchev–Trinajstić information content (AvgIpc) is 3.48. The highest BCUT2D eigenvalue weighted by Crippen LogP contribution is 2.31. The summed E-state index contributed by atoms with van der Waals surface area (Å²) in [5.74, 6) is 1.24. The van der Waals surface area contributed by atoms with E-state index in [-0.39, 0.29) is 11.8 Å². The maximum atomic E-state index is 12.6. The van der Waals surface area contributed by atoms with Crippen LogP contribution in [0.25, 0.3) is 10.9 Å². The Labute approximate surface area is 168 Å². The van der Waals surface area contributed by atoms with Crippen molar-refractivity contribution in [1.82, 2.24) is 15.1 Å². The molecule has 0 aliphatic carbocycles. The van der Waals surface area contributed by atoms with Crippen LogP contribution >= 0.6 is 0 Å². The number of aromatic amines is 1. The Kier molecular flexibility index (Phi) is 4.39. The summed E-state index contributed by atoms with van der Waals surface area (Å²) in [5.41, 5.74) is 4.40. The summed E-state index contributed by atoms with van der Waals surface area (Å²) in [7, 11) is 0. The maximum absolute atomic E-state index is 12.6. The molecule has 0 saturated carbocycles. The lowest BCUT2D eigenvalue weighted by Crippen LogP contribution is -2.24. The number of rotatable bonds is 5. The van der Waals surface area contributed by atoms with Crippen molar-refractivity contribution in [2.45, 2.75) is 32.1 Å². The molecule has 1 N–H and O–H groups in total. The number of carbonyl (C=O) groups is 1. The van der Waals surface area contributed by atoms with E-state index in [0.29, 0.717) is 31.1 Å². The van der Waals surface area contributed by atoms with E-state index in [1.165, 1.54) is 5.56 Å². The van der Waals surface area contributed by atoms with Crippen LogP contribution < -0.4 is 4.90 Å². The van der Waals surface area contributed by atoms with Crippen molar-refractivity contribution < 1.29 is 9.32 Å². The highest BCUT2D eigenvalue weighted by atomic mass is 16.5. The molecule has 2 aromatic carbocycles. The van der Waals surface area contributed by atoms with Gasteiger partial charge < -0.3 is 14.4 Å². The number of aryl methyl sites for hydroxylation is 1. The minimum Gasteiger partial charge on any atom is -0.361 e. The van der Waals surface area contributed by atoms with Gasteiger partial charge in [0.25, 0.3) is 0 Å². The zero-order valence-corrected chi connectivity index (χ0v) is 16.3. The van der Waals surface area contributed by atoms with Gasteiger partial charge in [-0.3, -0.25) is 4.79 Å². The van der Waals surface area contributed by atoms with Gasteiger partial charge in [0, 0.05) is 41.7 Å². The molecule has 29 heavy (non-hydrogen) atoms. The summed E-state index contributed by atoms with van der Waals surface area (Å²) in [6.07, 6.45) is 3.94. The van der Waals surface area contributed by atoms with Crippen molar-refractivity contribution >= 4 is 22.5 Å². The fraction of sp³-hybridized carbons (Fsp3) is 0.261. The molecule has 4 aromatic rings. The molecule has 146 valence electrons. The summed E-state index contributed by atoms with van der Waals surface area (Å²) < 4.78 is 5.50. The van der Waals surface area contributed by atoms with Crippen molar-refractivity contribution in [3.63, 3.8) is 0 Å². The number of aromatic nitrogens is 3. The number of amides is 1. The second-order valence-corrected chi connectivity index (χ2v) is 7.51. The van der Waals surface area contributed by atoms with Gasteiger partial charge in [0.15, 0.2) is 5.82 Å². The van der Waals surface area contributed by atoms with Gasteiger partial charge in [-0.15, -0.1) is 0 Å². The first-order chi connectivity index (χ1) is 14.2. The molecule has 2 aromatic heterocycles. The molecule has 3 heterocycles. The number of hydrogen-bond donors (Lipinski definition) is 1. The topological polar surface area (TPSA) is 75.0 Å². The smallest absolute Gasteiger partial charge is 0.231 e. The predicted octanol–water partition coefficient (Wildman–Crippen LogP) is 4.22. The van der Waals surface area contributed by atoms with Gasteiger partial charge >= 0.3 is 0 Å². The second kappa shape index (κ2) is 7.20. The summed E-state index contributed by atoms with van der Waals surface area (Å²) in [6.45, 7) is 2.70. The number of nitrogens with zero attached hydrogens (tertiary/aromatic N) is 3. The molecular formula is C23H22N4O2. The van der Waals surface area contributed by atoms with Gasteiger partial charge in [-0.2, -0.15) is 4.98 Å². The molecule has 1 fully saturated rings. The summed E-state index contributed by atoms with van der Waals surface area (Å²) in [4.78, 5) is 22.2. The van der Waals surface area contributed by atoms with E-state index in [0.717, 1.165) is 28.6 Å². The molecule has 1 amide bonds. The molecule has 6 nitrogen and oxygen atoms in total. The van der Waals surface area contributed by atoms with Crippen LogP contribution in [-0.2, 0) is 17.6 Å². The van der Waals surface area contributed by atoms with E-state index < -0.39 is 0 Å². The van der Waals surface area contributed by atoms with Crippen LogP contribution in [0.5, 0.6) is 0 Å². The Balaban J connectivity index is 1.32. The van der Waals surface area contributed by atoms with Crippen molar-refractivity contribution in [1.29, 1.82) is 0 Å². The summed E-state index contributed by atoms with van der Waals surface area (Å²) in [5, 5.41) is 5.33. The van der Waals surface area contributed by atoms with Gasteiger partial charge in [-0.05, 0) is 35.7 Å². The first-order valence-electron chi connectivity index (χ1n) is 9.98. The lowest BCUT2D eigenvalue weighted by molar-refractivity contribution is -0.117. The molecule has 5 rings (SSSR count). The lowest BCUT2D eigenvalue weighted by atomic mass is 10.1. The number of benzene rings is 2. The first kappa shape index (κ1) is 17.7.